The molecule has 9 unspecified atom stereocenters. The molecule has 5 aliphatic rings. The van der Waals surface area contributed by atoms with Crippen LogP contribution >= 0.6 is 11.6 Å². The first-order valence-electron chi connectivity index (χ1n) is 21.6. The minimum Gasteiger partial charge on any atom is -0.481 e. The van der Waals surface area contributed by atoms with Crippen molar-refractivity contribution in [1.82, 2.24) is 10.2 Å². The highest BCUT2D eigenvalue weighted by Crippen LogP contribution is 2.77. The van der Waals surface area contributed by atoms with Crippen LogP contribution in [0.4, 0.5) is 0 Å². The molecule has 4 fully saturated rings. The summed E-state index contributed by atoms with van der Waals surface area (Å²) >= 11 is 6.22. The summed E-state index contributed by atoms with van der Waals surface area (Å²) in [4.78, 5) is 41.5. The van der Waals surface area contributed by atoms with Crippen molar-refractivity contribution in [2.45, 2.75) is 145 Å². The van der Waals surface area contributed by atoms with Gasteiger partial charge in [-0.25, -0.2) is 0 Å². The van der Waals surface area contributed by atoms with E-state index in [-0.39, 0.29) is 51.8 Å². The van der Waals surface area contributed by atoms with Crippen LogP contribution in [0.3, 0.4) is 0 Å². The van der Waals surface area contributed by atoms with E-state index in [9.17, 15) is 24.6 Å². The van der Waals surface area contributed by atoms with Gasteiger partial charge in [-0.2, -0.15) is 0 Å². The number of allylic oxidation sites excluding steroid dienone is 1. The molecule has 4 saturated carbocycles. The lowest BCUT2D eigenvalue weighted by atomic mass is 9.33. The number of carbonyl (C=O) groups is 3. The second-order valence-corrected chi connectivity index (χ2v) is 21.5. The number of aliphatic hydroxyl groups excluding tert-OH is 1. The third-order valence-electron chi connectivity index (χ3n) is 16.9. The zero-order valence-electron chi connectivity index (χ0n) is 36.0. The van der Waals surface area contributed by atoms with Gasteiger partial charge in [0.05, 0.1) is 17.9 Å². The smallest absolute Gasteiger partial charge is 0.309 e. The standard InChI is InChI=1S/C47H71ClN2O6/c1-29(2)39-33(51)25-47(36(52)28-50(24-23-49-10)27-30-11-13-31(48)14-12-30)22-21-45(8)32(40(39)47)15-16-35-44(7)19-18-37(56-38(53)26-42(3,4)41(54)55)43(5,6)34(44)17-20-46(35,45)9/h11-14,29,32,34-37,49,52H,15-28H2,1-10H3,(H,54,55). The maximum atomic E-state index is 14.3. The summed E-state index contributed by atoms with van der Waals surface area (Å²) in [6.45, 7) is 22.5. The van der Waals surface area contributed by atoms with E-state index in [2.05, 4.69) is 70.8 Å². The fourth-order valence-electron chi connectivity index (χ4n) is 13.7. The van der Waals surface area contributed by atoms with Crippen LogP contribution in [0.2, 0.25) is 5.02 Å². The van der Waals surface area contributed by atoms with Crippen LogP contribution in [-0.4, -0.2) is 71.7 Å². The lowest BCUT2D eigenvalue weighted by Crippen LogP contribution is -2.66. The number of aliphatic hydroxyl groups is 1. The molecule has 0 amide bonds. The fourth-order valence-corrected chi connectivity index (χ4v) is 13.8. The van der Waals surface area contributed by atoms with Gasteiger partial charge in [-0.15, -0.1) is 0 Å². The maximum Gasteiger partial charge on any atom is 0.309 e. The van der Waals surface area contributed by atoms with Crippen molar-refractivity contribution in [3.05, 3.63) is 46.0 Å². The van der Waals surface area contributed by atoms with Gasteiger partial charge in [0.25, 0.3) is 0 Å². The summed E-state index contributed by atoms with van der Waals surface area (Å²) in [5.74, 6) is 0.000592. The highest BCUT2D eigenvalue weighted by molar-refractivity contribution is 6.30. The molecule has 0 heterocycles. The number of nitrogens with zero attached hydrogens (tertiary/aromatic N) is 1. The van der Waals surface area contributed by atoms with Crippen LogP contribution in [0, 0.1) is 56.2 Å². The Morgan fingerprint density at radius 3 is 2.27 bits per heavy atom. The van der Waals surface area contributed by atoms with Gasteiger partial charge < -0.3 is 20.3 Å². The van der Waals surface area contributed by atoms with Crippen LogP contribution in [0.1, 0.15) is 132 Å². The highest BCUT2D eigenvalue weighted by Gasteiger charge is 2.71. The van der Waals surface area contributed by atoms with Crippen LogP contribution in [0.5, 0.6) is 0 Å². The molecule has 0 spiro atoms. The largest absolute Gasteiger partial charge is 0.481 e. The summed E-state index contributed by atoms with van der Waals surface area (Å²) in [5.41, 5.74) is 1.53. The number of benzene rings is 1. The molecule has 56 heavy (non-hydrogen) atoms. The van der Waals surface area contributed by atoms with E-state index in [1.54, 1.807) is 13.8 Å². The number of ketones is 1. The number of Topliss-reactive ketones (excluding diaryl/α,β-unsaturated/α-hetero) is 1. The molecule has 0 bridgehead atoms. The van der Waals surface area contributed by atoms with E-state index in [0.717, 1.165) is 75.6 Å². The van der Waals surface area contributed by atoms with E-state index in [1.807, 2.05) is 19.2 Å². The summed E-state index contributed by atoms with van der Waals surface area (Å²) in [6, 6.07) is 7.97. The number of nitrogens with one attached hydrogen (secondary N) is 1. The molecule has 0 radical (unpaired) electrons. The Kier molecular flexibility index (Phi) is 11.9. The van der Waals surface area contributed by atoms with Crippen molar-refractivity contribution in [3.63, 3.8) is 0 Å². The van der Waals surface area contributed by atoms with Crippen LogP contribution in [0.25, 0.3) is 0 Å². The Bertz CT molecular complexity index is 1700. The Balaban J connectivity index is 1.28. The maximum absolute atomic E-state index is 14.3. The van der Waals surface area contributed by atoms with Crippen LogP contribution in [0.15, 0.2) is 35.4 Å². The van der Waals surface area contributed by atoms with Gasteiger partial charge in [0.1, 0.15) is 6.10 Å². The van der Waals surface area contributed by atoms with E-state index in [4.69, 9.17) is 16.3 Å². The molecular formula is C47H71ClN2O6. The topological polar surface area (TPSA) is 116 Å². The van der Waals surface area contributed by atoms with Crippen molar-refractivity contribution in [1.29, 1.82) is 0 Å². The summed E-state index contributed by atoms with van der Waals surface area (Å²) in [7, 11) is 1.96. The second kappa shape index (κ2) is 15.4. The average molecular weight is 796 g/mol. The predicted molar refractivity (Wildman–Crippen MR) is 222 cm³/mol. The third kappa shape index (κ3) is 7.12. The third-order valence-corrected chi connectivity index (χ3v) is 17.2. The van der Waals surface area contributed by atoms with Crippen LogP contribution in [-0.2, 0) is 25.7 Å². The summed E-state index contributed by atoms with van der Waals surface area (Å²) in [5, 5.41) is 26.3. The number of esters is 1. The van der Waals surface area contributed by atoms with E-state index in [0.29, 0.717) is 36.4 Å². The number of carbonyl (C=O) groups excluding carboxylic acids is 2. The number of halogens is 1. The van der Waals surface area contributed by atoms with Gasteiger partial charge in [-0.1, -0.05) is 77.8 Å². The normalized spacial score (nSPS) is 35.8. The van der Waals surface area contributed by atoms with Gasteiger partial charge in [0.2, 0.25) is 0 Å². The Morgan fingerprint density at radius 1 is 0.964 bits per heavy atom. The highest BCUT2D eigenvalue weighted by atomic mass is 35.5. The quantitative estimate of drug-likeness (QED) is 0.170. The molecule has 3 N–H and O–H groups in total. The lowest BCUT2D eigenvalue weighted by Gasteiger charge is -2.72. The number of hydrogen-bond donors (Lipinski definition) is 3. The number of rotatable bonds is 13. The fraction of sp³-hybridized carbons (Fsp3) is 0.766. The molecular weight excluding hydrogens is 724 g/mol. The molecule has 5 aliphatic carbocycles. The Labute approximate surface area is 341 Å². The summed E-state index contributed by atoms with van der Waals surface area (Å²) < 4.78 is 6.19. The molecule has 9 heteroatoms. The van der Waals surface area contributed by atoms with Gasteiger partial charge >= 0.3 is 11.9 Å². The molecule has 9 atom stereocenters. The van der Waals surface area contributed by atoms with Gasteiger partial charge in [0.15, 0.2) is 5.78 Å². The SMILES string of the molecule is CNCCN(Cc1ccc(Cl)cc1)CC(O)C12CCC3(C)C(CCC4C5(C)CCC(OC(=O)CC(C)(C)C(=O)O)C(C)(C)C5CCC43C)C1=C(C(C)C)C(=O)C2. The van der Waals surface area contributed by atoms with Crippen molar-refractivity contribution in [2.24, 2.45) is 56.2 Å². The van der Waals surface area contributed by atoms with E-state index in [1.165, 1.54) is 5.57 Å². The molecule has 0 saturated heterocycles. The van der Waals surface area contributed by atoms with Crippen molar-refractivity contribution < 1.29 is 29.3 Å². The van der Waals surface area contributed by atoms with Gasteiger partial charge in [-0.05, 0) is 135 Å². The lowest BCUT2D eigenvalue weighted by molar-refractivity contribution is -0.235. The molecule has 8 nitrogen and oxygen atoms in total. The monoisotopic (exact) mass is 795 g/mol. The minimum atomic E-state index is -1.17. The number of ether oxygens (including phenoxy) is 1. The molecule has 0 aliphatic heterocycles. The van der Waals surface area contributed by atoms with Crippen molar-refractivity contribution >= 4 is 29.3 Å². The number of hydrogen-bond acceptors (Lipinski definition) is 7. The van der Waals surface area contributed by atoms with Crippen molar-refractivity contribution in [3.8, 4) is 0 Å². The Morgan fingerprint density at radius 2 is 1.64 bits per heavy atom. The van der Waals surface area contributed by atoms with E-state index >= 15 is 0 Å². The first-order chi connectivity index (χ1) is 26.1. The number of aliphatic carboxylic acids is 1. The molecule has 312 valence electrons. The molecule has 0 aromatic heterocycles. The van der Waals surface area contributed by atoms with Crippen molar-refractivity contribution in [2.75, 3.05) is 26.7 Å². The number of carboxylic acid groups (broad SMARTS) is 1. The molecule has 6 rings (SSSR count). The number of fused-ring (bicyclic) bond motifs is 7. The zero-order chi connectivity index (χ0) is 41.2. The van der Waals surface area contributed by atoms with E-state index < -0.39 is 28.9 Å². The molecule has 1 aromatic rings. The molecule has 1 aromatic carbocycles. The van der Waals surface area contributed by atoms with Gasteiger partial charge in [0, 0.05) is 48.5 Å². The number of likely N-dealkylation sites (N-methyl/N-ethyl adjacent to an activating group) is 1. The average Bonchev–Trinajstić information content (AvgIpc) is 3.42. The predicted octanol–water partition coefficient (Wildman–Crippen LogP) is 9.12. The zero-order valence-corrected chi connectivity index (χ0v) is 36.8. The second-order valence-electron chi connectivity index (χ2n) is 21.0. The minimum absolute atomic E-state index is 0.0296. The number of carboxylic acids is 1. The van der Waals surface area contributed by atoms with Gasteiger partial charge in [-0.3, -0.25) is 19.3 Å². The van der Waals surface area contributed by atoms with Crippen LogP contribution < -0.4 is 5.32 Å². The first-order valence-corrected chi connectivity index (χ1v) is 22.0. The summed E-state index contributed by atoms with van der Waals surface area (Å²) in [6.07, 6.45) is 7.13. The first kappa shape index (κ1) is 43.3. The Hall–Kier alpha value is -2.26.